The number of hydrogen-bond donors (Lipinski definition) is 1. The van der Waals surface area contributed by atoms with E-state index in [2.05, 4.69) is 6.58 Å². The van der Waals surface area contributed by atoms with Crippen molar-refractivity contribution >= 4 is 23.6 Å². The molecule has 0 unspecified atom stereocenters. The Kier molecular flexibility index (Phi) is 6.35. The lowest BCUT2D eigenvalue weighted by molar-refractivity contribution is -0.142. The molecule has 1 N–H and O–H groups in total. The minimum absolute atomic E-state index is 0.112. The second-order valence-corrected chi connectivity index (χ2v) is 10.5. The molecule has 0 spiro atoms. The Morgan fingerprint density at radius 2 is 1.56 bits per heavy atom. The molecule has 2 aliphatic carbocycles. The maximum absolute atomic E-state index is 13.7. The molecule has 36 heavy (non-hydrogen) atoms. The average Bonchev–Trinajstić information content (AvgIpc) is 3.25. The van der Waals surface area contributed by atoms with E-state index in [0.717, 1.165) is 5.57 Å². The van der Waals surface area contributed by atoms with Gasteiger partial charge in [-0.15, -0.1) is 6.58 Å². The summed E-state index contributed by atoms with van der Waals surface area (Å²) < 4.78 is 0. The first kappa shape index (κ1) is 24.5. The molecule has 3 fully saturated rings. The molecule has 1 aromatic carbocycles. The predicted octanol–water partition coefficient (Wildman–Crippen LogP) is 3.58. The van der Waals surface area contributed by atoms with Gasteiger partial charge in [-0.1, -0.05) is 49.8 Å². The van der Waals surface area contributed by atoms with Crippen LogP contribution in [0.1, 0.15) is 56.6 Å². The molecule has 1 saturated carbocycles. The van der Waals surface area contributed by atoms with Crippen LogP contribution in [0, 0.1) is 29.6 Å². The average molecular weight is 491 g/mol. The maximum Gasteiger partial charge on any atom is 0.234 e. The Balaban J connectivity index is 1.64. The number of benzene rings is 1. The predicted molar refractivity (Wildman–Crippen MR) is 134 cm³/mol. The number of rotatable bonds is 7. The van der Waals surface area contributed by atoms with Crippen LogP contribution < -0.4 is 0 Å². The Hall–Kier alpha value is -3.22. The van der Waals surface area contributed by atoms with Gasteiger partial charge >= 0.3 is 0 Å². The fraction of sp³-hybridized carbons (Fsp3) is 0.517. The van der Waals surface area contributed by atoms with Crippen LogP contribution in [0.25, 0.3) is 0 Å². The van der Waals surface area contributed by atoms with Crippen LogP contribution in [0.15, 0.2) is 42.5 Å². The van der Waals surface area contributed by atoms with E-state index in [0.29, 0.717) is 56.3 Å². The van der Waals surface area contributed by atoms with E-state index in [1.54, 1.807) is 6.08 Å². The fourth-order valence-electron chi connectivity index (χ4n) is 7.14. The van der Waals surface area contributed by atoms with E-state index in [-0.39, 0.29) is 35.3 Å². The van der Waals surface area contributed by atoms with E-state index in [4.69, 9.17) is 0 Å². The van der Waals surface area contributed by atoms with Crippen molar-refractivity contribution in [3.05, 3.63) is 53.6 Å². The van der Waals surface area contributed by atoms with Gasteiger partial charge in [0.25, 0.3) is 0 Å². The molecule has 7 heteroatoms. The Morgan fingerprint density at radius 1 is 0.917 bits per heavy atom. The van der Waals surface area contributed by atoms with Crippen molar-refractivity contribution in [3.8, 4) is 5.75 Å². The molecule has 0 radical (unpaired) electrons. The highest BCUT2D eigenvalue weighted by molar-refractivity contribution is 6.08. The highest BCUT2D eigenvalue weighted by Gasteiger charge is 2.61. The van der Waals surface area contributed by atoms with Gasteiger partial charge in [0.15, 0.2) is 0 Å². The lowest BCUT2D eigenvalue weighted by Crippen LogP contribution is -2.43. The summed E-state index contributed by atoms with van der Waals surface area (Å²) in [4.78, 5) is 56.5. The molecule has 0 aromatic heterocycles. The number of nitrogens with zero attached hydrogens (tertiary/aromatic N) is 2. The molecule has 1 aromatic rings. The van der Waals surface area contributed by atoms with Gasteiger partial charge in [-0.3, -0.25) is 29.0 Å². The summed E-state index contributed by atoms with van der Waals surface area (Å²) in [6.45, 7) is 8.41. The van der Waals surface area contributed by atoms with Crippen molar-refractivity contribution in [3.63, 3.8) is 0 Å². The van der Waals surface area contributed by atoms with Crippen LogP contribution in [0.2, 0.25) is 0 Å². The third-order valence-corrected chi connectivity index (χ3v) is 8.58. The van der Waals surface area contributed by atoms with Gasteiger partial charge in [-0.2, -0.15) is 0 Å². The summed E-state index contributed by atoms with van der Waals surface area (Å²) in [5.41, 5.74) is 2.24. The summed E-state index contributed by atoms with van der Waals surface area (Å²) in [6, 6.07) is 5.51. The Bertz CT molecular complexity index is 1170. The summed E-state index contributed by atoms with van der Waals surface area (Å²) in [7, 11) is 0. The highest BCUT2D eigenvalue weighted by Crippen LogP contribution is 2.59. The Labute approximate surface area is 211 Å². The summed E-state index contributed by atoms with van der Waals surface area (Å²) in [6.07, 6.45) is 6.38. The second-order valence-electron chi connectivity index (χ2n) is 10.5. The van der Waals surface area contributed by atoms with Crippen molar-refractivity contribution in [1.29, 1.82) is 0 Å². The molecule has 2 heterocycles. The lowest BCUT2D eigenvalue weighted by atomic mass is 9.57. The quantitative estimate of drug-likeness (QED) is 0.466. The zero-order chi connectivity index (χ0) is 25.7. The number of likely N-dealkylation sites (tertiary alicyclic amines) is 2. The molecule has 190 valence electrons. The second kappa shape index (κ2) is 9.34. The number of para-hydroxylation sites is 1. The smallest absolute Gasteiger partial charge is 0.234 e. The summed E-state index contributed by atoms with van der Waals surface area (Å²) >= 11 is 0. The molecular weight excluding hydrogens is 456 g/mol. The van der Waals surface area contributed by atoms with Crippen LogP contribution in [-0.4, -0.2) is 51.6 Å². The van der Waals surface area contributed by atoms with Gasteiger partial charge in [-0.25, -0.2) is 0 Å². The van der Waals surface area contributed by atoms with Crippen LogP contribution in [-0.2, 0) is 25.6 Å². The lowest BCUT2D eigenvalue weighted by Gasteiger charge is -2.44. The monoisotopic (exact) mass is 490 g/mol. The van der Waals surface area contributed by atoms with E-state index < -0.39 is 29.6 Å². The summed E-state index contributed by atoms with van der Waals surface area (Å²) in [5, 5.41) is 11.3. The zero-order valence-electron chi connectivity index (χ0n) is 21.0. The van der Waals surface area contributed by atoms with Gasteiger partial charge in [0.1, 0.15) is 5.75 Å². The van der Waals surface area contributed by atoms with Crippen molar-refractivity contribution in [2.75, 3.05) is 13.1 Å². The van der Waals surface area contributed by atoms with Gasteiger partial charge in [0, 0.05) is 24.6 Å². The van der Waals surface area contributed by atoms with E-state index in [9.17, 15) is 24.3 Å². The molecule has 6 atom stereocenters. The first-order chi connectivity index (χ1) is 17.3. The topological polar surface area (TPSA) is 95.0 Å². The Morgan fingerprint density at radius 3 is 2.19 bits per heavy atom. The first-order valence-corrected chi connectivity index (χ1v) is 13.2. The van der Waals surface area contributed by atoms with Gasteiger partial charge in [0.2, 0.25) is 23.6 Å². The fourth-order valence-corrected chi connectivity index (χ4v) is 7.14. The third kappa shape index (κ3) is 3.46. The number of carbonyl (C=O) groups excluding carboxylic acids is 4. The van der Waals surface area contributed by atoms with E-state index in [1.807, 2.05) is 38.1 Å². The third-order valence-electron chi connectivity index (χ3n) is 8.58. The standard InChI is InChI=1S/C29H34N2O5/c1-4-8-16-9-7-10-18(25(16)32)22-17-11-12-19-23(28(35)30(13-5-2)26(19)33)20(17)15-21-24(22)29(36)31(14-6-3)27(21)34/h4,7,9-11,19-24,32H,1,5-6,8,12-15H2,2-3H3/t19-,20+,21+,22+,23-,24+/m0/s1. The van der Waals surface area contributed by atoms with Crippen molar-refractivity contribution in [2.45, 2.75) is 51.9 Å². The molecule has 0 bridgehead atoms. The minimum Gasteiger partial charge on any atom is -0.507 e. The number of allylic oxidation sites excluding steroid dienone is 3. The number of phenols is 1. The van der Waals surface area contributed by atoms with Gasteiger partial charge in [-0.05, 0) is 43.6 Å². The van der Waals surface area contributed by atoms with Crippen LogP contribution in [0.5, 0.6) is 5.75 Å². The summed E-state index contributed by atoms with van der Waals surface area (Å²) in [5.74, 6) is -3.52. The van der Waals surface area contributed by atoms with Crippen LogP contribution >= 0.6 is 0 Å². The molecule has 4 aliphatic rings. The molecule has 4 amide bonds. The number of amides is 4. The van der Waals surface area contributed by atoms with Gasteiger partial charge in [0.05, 0.1) is 23.7 Å². The minimum atomic E-state index is -0.619. The normalized spacial score (nSPS) is 31.3. The SMILES string of the molecule is C=CCc1cccc([C@H]2C3=CC[C@@H]4C(=O)N(CCC)C(=O)[C@@H]4[C@@H]3C[C@H]3C(=O)N(CCC)C(=O)[C@@H]23)c1O. The number of aromatic hydroxyl groups is 1. The number of hydrogen-bond acceptors (Lipinski definition) is 5. The van der Waals surface area contributed by atoms with Crippen LogP contribution in [0.3, 0.4) is 0 Å². The maximum atomic E-state index is 13.7. The van der Waals surface area contributed by atoms with Crippen molar-refractivity contribution < 1.29 is 24.3 Å². The molecule has 7 nitrogen and oxygen atoms in total. The van der Waals surface area contributed by atoms with Crippen molar-refractivity contribution in [2.24, 2.45) is 29.6 Å². The number of fused-ring (bicyclic) bond motifs is 4. The van der Waals surface area contributed by atoms with Crippen molar-refractivity contribution in [1.82, 2.24) is 9.80 Å². The van der Waals surface area contributed by atoms with Gasteiger partial charge < -0.3 is 5.11 Å². The highest BCUT2D eigenvalue weighted by atomic mass is 16.3. The number of carbonyl (C=O) groups is 4. The van der Waals surface area contributed by atoms with E-state index >= 15 is 0 Å². The zero-order valence-corrected chi connectivity index (χ0v) is 21.0. The van der Waals surface area contributed by atoms with Crippen LogP contribution in [0.4, 0.5) is 0 Å². The van der Waals surface area contributed by atoms with E-state index in [1.165, 1.54) is 9.80 Å². The first-order valence-electron chi connectivity index (χ1n) is 13.2. The largest absolute Gasteiger partial charge is 0.507 e. The molecule has 2 saturated heterocycles. The number of imide groups is 2. The molecule has 5 rings (SSSR count). The molecular formula is C29H34N2O5. The number of phenolic OH excluding ortho intramolecular Hbond substituents is 1. The molecule has 2 aliphatic heterocycles.